The minimum Gasteiger partial charge on any atom is -0.378 e. The number of nitriles is 1. The summed E-state index contributed by atoms with van der Waals surface area (Å²) in [6, 6.07) is 1.51. The Morgan fingerprint density at radius 2 is 2.06 bits per heavy atom. The summed E-state index contributed by atoms with van der Waals surface area (Å²) in [6.45, 7) is 3.04. The molecule has 12 nitrogen and oxygen atoms in total. The van der Waals surface area contributed by atoms with Crippen LogP contribution in [0.1, 0.15) is 29.8 Å². The Hall–Kier alpha value is -4.06. The first kappa shape index (κ1) is 23.1. The van der Waals surface area contributed by atoms with E-state index in [0.717, 1.165) is 6.20 Å². The van der Waals surface area contributed by atoms with Gasteiger partial charge in [0.15, 0.2) is 0 Å². The molecule has 0 saturated carbocycles. The Kier molecular flexibility index (Phi) is 6.41. The zero-order valence-corrected chi connectivity index (χ0v) is 17.8. The third-order valence-corrected chi connectivity index (χ3v) is 5.00. The van der Waals surface area contributed by atoms with Crippen LogP contribution in [-0.2, 0) is 17.5 Å². The van der Waals surface area contributed by atoms with Crippen molar-refractivity contribution in [3.05, 3.63) is 52.0 Å². The van der Waals surface area contributed by atoms with Crippen LogP contribution in [-0.4, -0.2) is 60.9 Å². The van der Waals surface area contributed by atoms with Crippen LogP contribution in [0.3, 0.4) is 0 Å². The van der Waals surface area contributed by atoms with E-state index in [1.54, 1.807) is 22.9 Å². The largest absolute Gasteiger partial charge is 0.423 e. The van der Waals surface area contributed by atoms with Gasteiger partial charge in [0.05, 0.1) is 55.3 Å². The van der Waals surface area contributed by atoms with Crippen molar-refractivity contribution in [3.63, 3.8) is 0 Å². The number of hydrogen-bond acceptors (Lipinski definition) is 10. The highest BCUT2D eigenvalue weighted by Gasteiger charge is 2.37. The molecule has 1 aliphatic rings. The van der Waals surface area contributed by atoms with E-state index in [4.69, 9.17) is 10.00 Å². The third kappa shape index (κ3) is 5.12. The second kappa shape index (κ2) is 9.43. The van der Waals surface area contributed by atoms with Crippen LogP contribution in [0.5, 0.6) is 0 Å². The predicted molar refractivity (Wildman–Crippen MR) is 111 cm³/mol. The SMILES string of the molecule is CC(COCc1cn(C2CN(c3ncc(C#N)cn3)C2)nn1)Nc1cn[nH]c(=O)c1C(F)(F)F. The molecule has 1 aliphatic heterocycles. The standard InChI is InChI=1S/C19H19F3N10O2/c1-11(27-15-5-26-29-17(33)16(15)19(20,21)22)9-34-10-13-6-32(30-28-13)14-7-31(8-14)18-24-3-12(2-23)4-25-18/h3-6,11,14H,7-10H2,1H3,(H2,27,29,33). The van der Waals surface area contributed by atoms with Gasteiger partial charge in [-0.2, -0.15) is 23.5 Å². The van der Waals surface area contributed by atoms with E-state index in [1.165, 1.54) is 12.4 Å². The molecule has 0 aliphatic carbocycles. The van der Waals surface area contributed by atoms with Gasteiger partial charge in [-0.05, 0) is 6.92 Å². The second-order valence-electron chi connectivity index (χ2n) is 7.68. The fraction of sp³-hybridized carbons (Fsp3) is 0.421. The number of nitrogens with zero attached hydrogens (tertiary/aromatic N) is 8. The Balaban J connectivity index is 1.25. The average molecular weight is 476 g/mol. The molecule has 3 aromatic heterocycles. The molecular weight excluding hydrogens is 457 g/mol. The summed E-state index contributed by atoms with van der Waals surface area (Å²) in [6.07, 6.45) is 0.764. The number of rotatable bonds is 8. The Morgan fingerprint density at radius 3 is 2.74 bits per heavy atom. The molecule has 0 radical (unpaired) electrons. The van der Waals surface area contributed by atoms with Gasteiger partial charge in [-0.1, -0.05) is 5.21 Å². The van der Waals surface area contributed by atoms with Crippen molar-refractivity contribution in [1.29, 1.82) is 5.26 Å². The van der Waals surface area contributed by atoms with Gasteiger partial charge >= 0.3 is 6.18 Å². The zero-order chi connectivity index (χ0) is 24.3. The average Bonchev–Trinajstić information content (AvgIpc) is 3.20. The normalized spacial score (nSPS) is 15.0. The highest BCUT2D eigenvalue weighted by molar-refractivity contribution is 5.50. The van der Waals surface area contributed by atoms with Gasteiger partial charge in [0.1, 0.15) is 17.3 Å². The monoisotopic (exact) mass is 476 g/mol. The minimum absolute atomic E-state index is 0.0597. The van der Waals surface area contributed by atoms with Crippen molar-refractivity contribution in [2.75, 3.05) is 29.9 Å². The molecule has 3 aromatic rings. The molecule has 0 aromatic carbocycles. The van der Waals surface area contributed by atoms with Gasteiger partial charge in [-0.15, -0.1) is 5.10 Å². The molecular formula is C19H19F3N10O2. The number of halogens is 3. The fourth-order valence-corrected chi connectivity index (χ4v) is 3.32. The number of ether oxygens (including phenoxy) is 1. The molecule has 1 unspecified atom stereocenters. The van der Waals surface area contributed by atoms with Crippen molar-refractivity contribution in [2.45, 2.75) is 31.8 Å². The Morgan fingerprint density at radius 1 is 1.32 bits per heavy atom. The lowest BCUT2D eigenvalue weighted by Gasteiger charge is -2.38. The van der Waals surface area contributed by atoms with Crippen LogP contribution in [0, 0.1) is 11.3 Å². The highest BCUT2D eigenvalue weighted by atomic mass is 19.4. The molecule has 15 heteroatoms. The summed E-state index contributed by atoms with van der Waals surface area (Å²) < 4.78 is 46.6. The number of aromatic nitrogens is 7. The first-order valence-electron chi connectivity index (χ1n) is 10.1. The number of anilines is 2. The molecule has 0 bridgehead atoms. The Labute approximate surface area is 190 Å². The number of nitrogens with one attached hydrogen (secondary N) is 2. The molecule has 0 spiro atoms. The van der Waals surface area contributed by atoms with Crippen molar-refractivity contribution >= 4 is 11.6 Å². The van der Waals surface area contributed by atoms with Gasteiger partial charge in [0.2, 0.25) is 5.95 Å². The van der Waals surface area contributed by atoms with E-state index in [2.05, 4.69) is 30.7 Å². The summed E-state index contributed by atoms with van der Waals surface area (Å²) in [5, 5.41) is 24.8. The first-order valence-corrected chi connectivity index (χ1v) is 10.1. The maximum atomic E-state index is 13.1. The lowest BCUT2D eigenvalue weighted by Crippen LogP contribution is -2.48. The number of alkyl halides is 3. The van der Waals surface area contributed by atoms with E-state index in [9.17, 15) is 18.0 Å². The molecule has 178 valence electrons. The molecule has 0 amide bonds. The van der Waals surface area contributed by atoms with Crippen LogP contribution in [0.15, 0.2) is 29.6 Å². The van der Waals surface area contributed by atoms with Gasteiger partial charge < -0.3 is 15.0 Å². The van der Waals surface area contributed by atoms with Gasteiger partial charge in [0, 0.05) is 19.1 Å². The topological polar surface area (TPSA) is 151 Å². The molecule has 1 saturated heterocycles. The molecule has 4 heterocycles. The van der Waals surface area contributed by atoms with Crippen molar-refractivity contribution in [1.82, 2.24) is 35.2 Å². The van der Waals surface area contributed by atoms with Crippen LogP contribution < -0.4 is 15.8 Å². The molecule has 1 fully saturated rings. The fourth-order valence-electron chi connectivity index (χ4n) is 3.32. The van der Waals surface area contributed by atoms with Gasteiger partial charge in [0.25, 0.3) is 5.56 Å². The highest BCUT2D eigenvalue weighted by Crippen LogP contribution is 2.31. The molecule has 1 atom stereocenters. The number of H-pyrrole nitrogens is 1. The van der Waals surface area contributed by atoms with E-state index in [0.29, 0.717) is 30.3 Å². The van der Waals surface area contributed by atoms with E-state index in [-0.39, 0.29) is 19.3 Å². The minimum atomic E-state index is -4.82. The van der Waals surface area contributed by atoms with Crippen LogP contribution in [0.25, 0.3) is 0 Å². The van der Waals surface area contributed by atoms with Crippen LogP contribution >= 0.6 is 0 Å². The maximum absolute atomic E-state index is 13.1. The molecule has 34 heavy (non-hydrogen) atoms. The van der Waals surface area contributed by atoms with E-state index in [1.807, 2.05) is 11.0 Å². The van der Waals surface area contributed by atoms with Crippen molar-refractivity contribution in [2.24, 2.45) is 0 Å². The first-order chi connectivity index (χ1) is 16.2. The van der Waals surface area contributed by atoms with E-state index >= 15 is 0 Å². The zero-order valence-electron chi connectivity index (χ0n) is 17.8. The summed E-state index contributed by atoms with van der Waals surface area (Å²) in [4.78, 5) is 21.8. The lowest BCUT2D eigenvalue weighted by atomic mass is 10.1. The van der Waals surface area contributed by atoms with Gasteiger partial charge in [-0.25, -0.2) is 19.7 Å². The summed E-state index contributed by atoms with van der Waals surface area (Å²) >= 11 is 0. The van der Waals surface area contributed by atoms with Crippen LogP contribution in [0.2, 0.25) is 0 Å². The second-order valence-corrected chi connectivity index (χ2v) is 7.68. The quantitative estimate of drug-likeness (QED) is 0.484. The van der Waals surface area contributed by atoms with Gasteiger partial charge in [-0.3, -0.25) is 4.79 Å². The third-order valence-electron chi connectivity index (χ3n) is 5.00. The van der Waals surface area contributed by atoms with Crippen LogP contribution in [0.4, 0.5) is 24.8 Å². The number of hydrogen-bond donors (Lipinski definition) is 2. The summed E-state index contributed by atoms with van der Waals surface area (Å²) in [5.41, 5.74) is -2.12. The summed E-state index contributed by atoms with van der Waals surface area (Å²) in [7, 11) is 0. The molecule has 4 rings (SSSR count). The predicted octanol–water partition coefficient (Wildman–Crippen LogP) is 1.12. The molecule has 2 N–H and O–H groups in total. The summed E-state index contributed by atoms with van der Waals surface area (Å²) in [5.74, 6) is 0.532. The lowest BCUT2D eigenvalue weighted by molar-refractivity contribution is -0.138. The smallest absolute Gasteiger partial charge is 0.378 e. The Bertz CT molecular complexity index is 1230. The number of aromatic amines is 1. The van der Waals surface area contributed by atoms with Crippen molar-refractivity contribution in [3.8, 4) is 6.07 Å². The van der Waals surface area contributed by atoms with Crippen molar-refractivity contribution < 1.29 is 17.9 Å². The van der Waals surface area contributed by atoms with E-state index < -0.39 is 29.0 Å². The maximum Gasteiger partial charge on any atom is 0.423 e.